The maximum absolute atomic E-state index is 14.6. The number of halogens is 3. The molecule has 0 saturated carbocycles. The summed E-state index contributed by atoms with van der Waals surface area (Å²) in [6.07, 6.45) is -4.51. The second kappa shape index (κ2) is 9.69. The topological polar surface area (TPSA) is 13.1 Å². The second-order valence-corrected chi connectivity index (χ2v) is 11.9. The quantitative estimate of drug-likeness (QED) is 0.179. The molecule has 9 rings (SSSR count). The molecule has 0 amide bonds. The molecule has 1 nitrogen and oxygen atoms in total. The van der Waals surface area contributed by atoms with Crippen LogP contribution in [-0.4, -0.2) is 0 Å². The highest BCUT2D eigenvalue weighted by atomic mass is 19.4. The summed E-state index contributed by atoms with van der Waals surface area (Å²) in [5, 5.41) is 8.10. The van der Waals surface area contributed by atoms with Crippen LogP contribution in [0.3, 0.4) is 0 Å². The van der Waals surface area contributed by atoms with E-state index in [0.717, 1.165) is 38.6 Å². The summed E-state index contributed by atoms with van der Waals surface area (Å²) in [5.74, 6) is 0. The lowest BCUT2D eigenvalue weighted by Gasteiger charge is -2.18. The fourth-order valence-electron chi connectivity index (χ4n) is 7.53. The molecule has 0 N–H and O–H groups in total. The highest BCUT2D eigenvalue weighted by Gasteiger charge is 2.36. The predicted molar refractivity (Wildman–Crippen MR) is 184 cm³/mol. The van der Waals surface area contributed by atoms with Crippen LogP contribution in [-0.2, 0) is 6.18 Å². The van der Waals surface area contributed by atoms with Crippen LogP contribution < -0.4 is 0 Å². The van der Waals surface area contributed by atoms with E-state index in [9.17, 15) is 13.2 Å². The van der Waals surface area contributed by atoms with E-state index in [1.165, 1.54) is 27.1 Å². The maximum Gasteiger partial charge on any atom is 0.417 e. The first-order valence-corrected chi connectivity index (χ1v) is 15.3. The van der Waals surface area contributed by atoms with Crippen LogP contribution in [0.2, 0.25) is 0 Å². The molecule has 0 atom stereocenters. The van der Waals surface area contributed by atoms with Gasteiger partial charge < -0.3 is 4.42 Å². The molecule has 0 aliphatic rings. The third-order valence-electron chi connectivity index (χ3n) is 9.47. The first-order valence-electron chi connectivity index (χ1n) is 15.3. The Hall–Kier alpha value is -5.61. The fourth-order valence-corrected chi connectivity index (χ4v) is 7.53. The average Bonchev–Trinajstić information content (AvgIpc) is 3.45. The molecule has 9 aromatic rings. The lowest BCUT2D eigenvalue weighted by molar-refractivity contribution is -0.135. The van der Waals surface area contributed by atoms with Gasteiger partial charge in [0.2, 0.25) is 0 Å². The number of alkyl halides is 3. The van der Waals surface area contributed by atoms with Crippen molar-refractivity contribution in [1.29, 1.82) is 0 Å². The van der Waals surface area contributed by atoms with Crippen LogP contribution >= 0.6 is 0 Å². The molecule has 46 heavy (non-hydrogen) atoms. The lowest BCUT2D eigenvalue weighted by atomic mass is 9.87. The standard InChI is InChI=1S/C42H25F3O/c1-24-26-11-2-4-13-29(26)38(30-14-5-3-12-27(24)30)25-21-22-28-35-19-10-20-36(41(35)46-37(28)23-25)39-31-15-6-8-17-33(31)40(42(43,44)45)34-18-9-7-16-32(34)39/h2-23H,1H3. The van der Waals surface area contributed by atoms with Gasteiger partial charge in [-0.1, -0.05) is 121 Å². The van der Waals surface area contributed by atoms with E-state index < -0.39 is 11.7 Å². The molecular weight excluding hydrogens is 577 g/mol. The Balaban J connectivity index is 1.35. The van der Waals surface area contributed by atoms with E-state index in [1.54, 1.807) is 48.5 Å². The van der Waals surface area contributed by atoms with Gasteiger partial charge in [-0.25, -0.2) is 0 Å². The molecule has 0 aliphatic heterocycles. The van der Waals surface area contributed by atoms with Crippen LogP contribution in [0.25, 0.3) is 87.3 Å². The minimum absolute atomic E-state index is 0.178. The first-order chi connectivity index (χ1) is 22.4. The number of para-hydroxylation sites is 1. The van der Waals surface area contributed by atoms with E-state index in [4.69, 9.17) is 4.42 Å². The van der Waals surface area contributed by atoms with Crippen molar-refractivity contribution in [3.8, 4) is 22.3 Å². The number of benzene rings is 8. The Morgan fingerprint density at radius 2 is 0.935 bits per heavy atom. The average molecular weight is 603 g/mol. The summed E-state index contributed by atoms with van der Waals surface area (Å²) in [5.41, 5.74) is 5.73. The Kier molecular flexibility index (Phi) is 5.64. The SMILES string of the molecule is Cc1c2ccccc2c(-c2ccc3c(c2)oc2c(-c4c5ccccc5c(C(F)(F)F)c5ccccc45)cccc23)c2ccccc12. The van der Waals surface area contributed by atoms with Gasteiger partial charge in [0, 0.05) is 21.9 Å². The van der Waals surface area contributed by atoms with E-state index in [2.05, 4.69) is 73.7 Å². The number of rotatable bonds is 2. The van der Waals surface area contributed by atoms with E-state index in [0.29, 0.717) is 16.4 Å². The Labute approximate surface area is 262 Å². The third kappa shape index (κ3) is 3.77. The van der Waals surface area contributed by atoms with Crippen LogP contribution in [0.5, 0.6) is 0 Å². The fraction of sp³-hybridized carbons (Fsp3) is 0.0476. The zero-order valence-electron chi connectivity index (χ0n) is 24.7. The normalized spacial score (nSPS) is 12.3. The monoisotopic (exact) mass is 602 g/mol. The van der Waals surface area contributed by atoms with Crippen molar-refractivity contribution in [3.05, 3.63) is 145 Å². The van der Waals surface area contributed by atoms with Crippen molar-refractivity contribution in [2.75, 3.05) is 0 Å². The minimum Gasteiger partial charge on any atom is -0.455 e. The Bertz CT molecular complexity index is 2580. The van der Waals surface area contributed by atoms with Crippen LogP contribution in [0.4, 0.5) is 13.2 Å². The van der Waals surface area contributed by atoms with Crippen molar-refractivity contribution in [2.24, 2.45) is 0 Å². The number of aryl methyl sites for hydroxylation is 1. The summed E-state index contributed by atoms with van der Waals surface area (Å²) < 4.78 is 50.4. The van der Waals surface area contributed by atoms with Crippen LogP contribution in [0, 0.1) is 6.92 Å². The smallest absolute Gasteiger partial charge is 0.417 e. The molecule has 0 fully saturated rings. The summed E-state index contributed by atoms with van der Waals surface area (Å²) >= 11 is 0. The first kappa shape index (κ1) is 26.8. The maximum atomic E-state index is 14.6. The molecule has 0 unspecified atom stereocenters. The third-order valence-corrected chi connectivity index (χ3v) is 9.47. The van der Waals surface area contributed by atoms with E-state index >= 15 is 0 Å². The van der Waals surface area contributed by atoms with Gasteiger partial charge in [0.1, 0.15) is 11.2 Å². The zero-order valence-corrected chi connectivity index (χ0v) is 24.7. The van der Waals surface area contributed by atoms with Crippen molar-refractivity contribution >= 4 is 65.0 Å². The molecule has 1 aromatic heterocycles. The minimum atomic E-state index is -4.51. The molecule has 1 heterocycles. The van der Waals surface area contributed by atoms with Gasteiger partial charge in [-0.05, 0) is 78.8 Å². The largest absolute Gasteiger partial charge is 0.455 e. The van der Waals surface area contributed by atoms with E-state index in [-0.39, 0.29) is 10.8 Å². The van der Waals surface area contributed by atoms with Gasteiger partial charge in [-0.15, -0.1) is 0 Å². The molecule has 0 aliphatic carbocycles. The van der Waals surface area contributed by atoms with Gasteiger partial charge in [0.05, 0.1) is 5.56 Å². The molecule has 0 spiro atoms. The number of fused-ring (bicyclic) bond motifs is 7. The molecule has 0 radical (unpaired) electrons. The number of furan rings is 1. The molecular formula is C42H25F3O. The predicted octanol–water partition coefficient (Wildman–Crippen LogP) is 12.9. The van der Waals surface area contributed by atoms with Gasteiger partial charge in [-0.3, -0.25) is 0 Å². The number of hydrogen-bond acceptors (Lipinski definition) is 1. The molecule has 4 heteroatoms. The van der Waals surface area contributed by atoms with Gasteiger partial charge >= 0.3 is 6.18 Å². The lowest BCUT2D eigenvalue weighted by Crippen LogP contribution is -2.07. The van der Waals surface area contributed by atoms with Crippen molar-refractivity contribution < 1.29 is 17.6 Å². The Morgan fingerprint density at radius 3 is 1.48 bits per heavy atom. The molecule has 0 saturated heterocycles. The number of hydrogen-bond donors (Lipinski definition) is 0. The summed E-state index contributed by atoms with van der Waals surface area (Å²) in [7, 11) is 0. The van der Waals surface area contributed by atoms with Crippen molar-refractivity contribution in [2.45, 2.75) is 13.1 Å². The van der Waals surface area contributed by atoms with Crippen molar-refractivity contribution in [1.82, 2.24) is 0 Å². The van der Waals surface area contributed by atoms with Gasteiger partial charge in [0.25, 0.3) is 0 Å². The van der Waals surface area contributed by atoms with E-state index in [1.807, 2.05) is 18.2 Å². The van der Waals surface area contributed by atoms with Crippen LogP contribution in [0.15, 0.2) is 138 Å². The Morgan fingerprint density at radius 1 is 0.457 bits per heavy atom. The van der Waals surface area contributed by atoms with Gasteiger partial charge in [0.15, 0.2) is 0 Å². The van der Waals surface area contributed by atoms with Gasteiger partial charge in [-0.2, -0.15) is 13.2 Å². The summed E-state index contributed by atoms with van der Waals surface area (Å²) in [6, 6.07) is 42.9. The summed E-state index contributed by atoms with van der Waals surface area (Å²) in [6.45, 7) is 2.17. The zero-order chi connectivity index (χ0) is 31.2. The molecule has 220 valence electrons. The molecule has 8 aromatic carbocycles. The summed E-state index contributed by atoms with van der Waals surface area (Å²) in [4.78, 5) is 0. The molecule has 0 bridgehead atoms. The van der Waals surface area contributed by atoms with Crippen LogP contribution in [0.1, 0.15) is 11.1 Å². The second-order valence-electron chi connectivity index (χ2n) is 11.9. The van der Waals surface area contributed by atoms with Crippen molar-refractivity contribution in [3.63, 3.8) is 0 Å². The highest BCUT2D eigenvalue weighted by Crippen LogP contribution is 2.48. The highest BCUT2D eigenvalue weighted by molar-refractivity contribution is 6.21.